The van der Waals surface area contributed by atoms with Crippen molar-refractivity contribution in [3.8, 4) is 17.7 Å². The van der Waals surface area contributed by atoms with E-state index in [1.165, 1.54) is 0 Å². The summed E-state index contributed by atoms with van der Waals surface area (Å²) < 4.78 is 5.51. The second-order valence-electron chi connectivity index (χ2n) is 3.60. The SMILES string of the molecule is Cc1ccc(Oc2cc(C)[nH]n2)c(C#N)c1. The Bertz CT molecular complexity index is 552. The number of hydrogen-bond donors (Lipinski definition) is 1. The highest BCUT2D eigenvalue weighted by molar-refractivity contribution is 5.46. The number of nitrogens with one attached hydrogen (secondary N) is 1. The summed E-state index contributed by atoms with van der Waals surface area (Å²) in [4.78, 5) is 0. The van der Waals surface area contributed by atoms with Crippen molar-refractivity contribution in [2.45, 2.75) is 13.8 Å². The van der Waals surface area contributed by atoms with Gasteiger partial charge < -0.3 is 4.74 Å². The lowest BCUT2D eigenvalue weighted by molar-refractivity contribution is 0.460. The Balaban J connectivity index is 2.31. The molecule has 0 atom stereocenters. The predicted octanol–water partition coefficient (Wildman–Crippen LogP) is 2.69. The fourth-order valence-electron chi connectivity index (χ4n) is 1.38. The zero-order chi connectivity index (χ0) is 11.5. The molecule has 2 rings (SSSR count). The molecule has 4 heteroatoms. The molecular formula is C12H11N3O. The van der Waals surface area contributed by atoms with E-state index in [2.05, 4.69) is 16.3 Å². The molecule has 1 aromatic carbocycles. The molecule has 1 heterocycles. The van der Waals surface area contributed by atoms with Crippen LogP contribution >= 0.6 is 0 Å². The lowest BCUT2D eigenvalue weighted by Gasteiger charge is -2.04. The summed E-state index contributed by atoms with van der Waals surface area (Å²) in [7, 11) is 0. The minimum absolute atomic E-state index is 0.470. The fourth-order valence-corrected chi connectivity index (χ4v) is 1.38. The molecule has 0 aliphatic rings. The molecule has 0 aliphatic heterocycles. The molecule has 0 amide bonds. The van der Waals surface area contributed by atoms with Gasteiger partial charge in [-0.1, -0.05) is 6.07 Å². The lowest BCUT2D eigenvalue weighted by Crippen LogP contribution is -1.89. The summed E-state index contributed by atoms with van der Waals surface area (Å²) in [5, 5.41) is 15.7. The maximum atomic E-state index is 8.97. The monoisotopic (exact) mass is 213 g/mol. The minimum Gasteiger partial charge on any atom is -0.436 e. The maximum Gasteiger partial charge on any atom is 0.238 e. The number of H-pyrrole nitrogens is 1. The van der Waals surface area contributed by atoms with Gasteiger partial charge in [-0.2, -0.15) is 5.26 Å². The van der Waals surface area contributed by atoms with Crippen LogP contribution in [0.2, 0.25) is 0 Å². The van der Waals surface area contributed by atoms with Crippen molar-refractivity contribution >= 4 is 0 Å². The average molecular weight is 213 g/mol. The first-order valence-corrected chi connectivity index (χ1v) is 4.89. The molecule has 80 valence electrons. The molecule has 4 nitrogen and oxygen atoms in total. The molecular weight excluding hydrogens is 202 g/mol. The van der Waals surface area contributed by atoms with Crippen LogP contribution in [-0.4, -0.2) is 10.2 Å². The lowest BCUT2D eigenvalue weighted by atomic mass is 10.1. The smallest absolute Gasteiger partial charge is 0.238 e. The van der Waals surface area contributed by atoms with E-state index in [0.717, 1.165) is 11.3 Å². The topological polar surface area (TPSA) is 61.7 Å². The largest absolute Gasteiger partial charge is 0.436 e. The Morgan fingerprint density at radius 1 is 1.31 bits per heavy atom. The second-order valence-corrected chi connectivity index (χ2v) is 3.60. The number of aromatic amines is 1. The van der Waals surface area contributed by atoms with Crippen LogP contribution in [0.3, 0.4) is 0 Å². The molecule has 16 heavy (non-hydrogen) atoms. The minimum atomic E-state index is 0.470. The van der Waals surface area contributed by atoms with Crippen molar-refractivity contribution in [3.05, 3.63) is 41.1 Å². The fraction of sp³-hybridized carbons (Fsp3) is 0.167. The number of nitriles is 1. The number of aromatic nitrogens is 2. The normalized spacial score (nSPS) is 9.81. The first-order chi connectivity index (χ1) is 7.69. The van der Waals surface area contributed by atoms with Gasteiger partial charge in [-0.05, 0) is 31.5 Å². The van der Waals surface area contributed by atoms with Crippen molar-refractivity contribution in [1.82, 2.24) is 10.2 Å². The van der Waals surface area contributed by atoms with E-state index in [1.54, 1.807) is 18.2 Å². The van der Waals surface area contributed by atoms with Gasteiger partial charge in [-0.15, -0.1) is 5.10 Å². The molecule has 0 saturated heterocycles. The molecule has 2 aromatic rings. The molecule has 0 bridgehead atoms. The highest BCUT2D eigenvalue weighted by Gasteiger charge is 2.06. The second kappa shape index (κ2) is 4.07. The predicted molar refractivity (Wildman–Crippen MR) is 59.3 cm³/mol. The third-order valence-corrected chi connectivity index (χ3v) is 2.15. The zero-order valence-corrected chi connectivity index (χ0v) is 9.11. The highest BCUT2D eigenvalue weighted by atomic mass is 16.5. The van der Waals surface area contributed by atoms with Crippen molar-refractivity contribution < 1.29 is 4.74 Å². The molecule has 0 spiro atoms. The third-order valence-electron chi connectivity index (χ3n) is 2.15. The number of rotatable bonds is 2. The average Bonchev–Trinajstić information content (AvgIpc) is 2.67. The number of nitrogens with zero attached hydrogens (tertiary/aromatic N) is 2. The zero-order valence-electron chi connectivity index (χ0n) is 9.11. The van der Waals surface area contributed by atoms with Crippen LogP contribution in [-0.2, 0) is 0 Å². The quantitative estimate of drug-likeness (QED) is 0.834. The van der Waals surface area contributed by atoms with E-state index in [-0.39, 0.29) is 0 Å². The summed E-state index contributed by atoms with van der Waals surface area (Å²) in [6, 6.07) is 9.34. The van der Waals surface area contributed by atoms with Crippen molar-refractivity contribution in [2.75, 3.05) is 0 Å². The van der Waals surface area contributed by atoms with Gasteiger partial charge in [0.25, 0.3) is 0 Å². The van der Waals surface area contributed by atoms with Gasteiger partial charge in [0.2, 0.25) is 5.88 Å². The molecule has 1 aromatic heterocycles. The third kappa shape index (κ3) is 2.04. The molecule has 0 saturated carbocycles. The first kappa shape index (κ1) is 10.2. The Hall–Kier alpha value is -2.28. The van der Waals surface area contributed by atoms with Gasteiger partial charge in [0.1, 0.15) is 11.8 Å². The number of aryl methyl sites for hydroxylation is 2. The summed E-state index contributed by atoms with van der Waals surface area (Å²) >= 11 is 0. The maximum absolute atomic E-state index is 8.97. The van der Waals surface area contributed by atoms with Crippen molar-refractivity contribution in [3.63, 3.8) is 0 Å². The highest BCUT2D eigenvalue weighted by Crippen LogP contribution is 2.24. The number of ether oxygens (including phenoxy) is 1. The molecule has 0 fully saturated rings. The number of benzene rings is 1. The van der Waals surface area contributed by atoms with E-state index in [9.17, 15) is 0 Å². The van der Waals surface area contributed by atoms with Crippen LogP contribution in [0.5, 0.6) is 11.6 Å². The Morgan fingerprint density at radius 2 is 2.12 bits per heavy atom. The number of hydrogen-bond acceptors (Lipinski definition) is 3. The van der Waals surface area contributed by atoms with E-state index in [1.807, 2.05) is 19.9 Å². The molecule has 1 N–H and O–H groups in total. The van der Waals surface area contributed by atoms with Gasteiger partial charge in [0.15, 0.2) is 0 Å². The van der Waals surface area contributed by atoms with Gasteiger partial charge in [-0.3, -0.25) is 5.10 Å². The van der Waals surface area contributed by atoms with Crippen LogP contribution < -0.4 is 4.74 Å². The first-order valence-electron chi connectivity index (χ1n) is 4.89. The van der Waals surface area contributed by atoms with E-state index in [0.29, 0.717) is 17.2 Å². The van der Waals surface area contributed by atoms with Crippen LogP contribution in [0, 0.1) is 25.2 Å². The molecule has 0 unspecified atom stereocenters. The standard InChI is InChI=1S/C12H11N3O/c1-8-3-4-11(10(5-8)7-13)16-12-6-9(2)14-15-12/h3-6H,1-2H3,(H,14,15). The van der Waals surface area contributed by atoms with Gasteiger partial charge in [0, 0.05) is 11.8 Å². The Kier molecular flexibility index (Phi) is 2.61. The summed E-state index contributed by atoms with van der Waals surface area (Å²) in [5.74, 6) is 0.998. The Morgan fingerprint density at radius 3 is 2.75 bits per heavy atom. The molecule has 0 aliphatic carbocycles. The van der Waals surface area contributed by atoms with E-state index >= 15 is 0 Å². The van der Waals surface area contributed by atoms with Crippen LogP contribution in [0.1, 0.15) is 16.8 Å². The summed E-state index contributed by atoms with van der Waals surface area (Å²) in [6.07, 6.45) is 0. The van der Waals surface area contributed by atoms with Crippen molar-refractivity contribution in [1.29, 1.82) is 5.26 Å². The van der Waals surface area contributed by atoms with Gasteiger partial charge >= 0.3 is 0 Å². The summed E-state index contributed by atoms with van der Waals surface area (Å²) in [6.45, 7) is 3.82. The van der Waals surface area contributed by atoms with Gasteiger partial charge in [0.05, 0.1) is 5.56 Å². The summed E-state index contributed by atoms with van der Waals surface area (Å²) in [5.41, 5.74) is 2.46. The van der Waals surface area contributed by atoms with Gasteiger partial charge in [-0.25, -0.2) is 0 Å². The van der Waals surface area contributed by atoms with Crippen molar-refractivity contribution in [2.24, 2.45) is 0 Å². The van der Waals surface area contributed by atoms with Crippen LogP contribution in [0.15, 0.2) is 24.3 Å². The van der Waals surface area contributed by atoms with Crippen LogP contribution in [0.25, 0.3) is 0 Å². The Labute approximate surface area is 93.5 Å². The molecule has 0 radical (unpaired) electrons. The van der Waals surface area contributed by atoms with Crippen LogP contribution in [0.4, 0.5) is 0 Å². The van der Waals surface area contributed by atoms with E-state index in [4.69, 9.17) is 10.00 Å². The van der Waals surface area contributed by atoms with E-state index < -0.39 is 0 Å².